The first kappa shape index (κ1) is 15.2. The molecule has 2 fully saturated rings. The van der Waals surface area contributed by atoms with Crippen molar-refractivity contribution >= 4 is 0 Å². The van der Waals surface area contributed by atoms with Gasteiger partial charge in [0.05, 0.1) is 25.4 Å². The van der Waals surface area contributed by atoms with Gasteiger partial charge >= 0.3 is 0 Å². The molecule has 0 aromatic rings. The zero-order valence-corrected chi connectivity index (χ0v) is 12.3. The second-order valence-electron chi connectivity index (χ2n) is 6.05. The van der Waals surface area contributed by atoms with Gasteiger partial charge in [-0.15, -0.1) is 0 Å². The van der Waals surface area contributed by atoms with Gasteiger partial charge in [0.15, 0.2) is 6.29 Å². The summed E-state index contributed by atoms with van der Waals surface area (Å²) in [4.78, 5) is 0. The molecule has 2 aliphatic rings. The fraction of sp³-hybridized carbons (Fsp3) is 1.00. The molecular weight excluding hydrogens is 244 g/mol. The first-order valence-corrected chi connectivity index (χ1v) is 7.45. The van der Waals surface area contributed by atoms with Crippen LogP contribution in [0.3, 0.4) is 0 Å². The molecule has 0 radical (unpaired) electrons. The van der Waals surface area contributed by atoms with Crippen molar-refractivity contribution in [1.29, 1.82) is 0 Å². The summed E-state index contributed by atoms with van der Waals surface area (Å²) in [7, 11) is 0. The van der Waals surface area contributed by atoms with Crippen molar-refractivity contribution in [3.8, 4) is 0 Å². The van der Waals surface area contributed by atoms with Crippen LogP contribution in [0.15, 0.2) is 0 Å². The normalized spacial score (nSPS) is 40.6. The third kappa shape index (κ3) is 4.68. The summed E-state index contributed by atoms with van der Waals surface area (Å²) in [5.41, 5.74) is 5.99. The number of nitrogens with one attached hydrogen (secondary N) is 1. The first-order valence-electron chi connectivity index (χ1n) is 7.45. The van der Waals surface area contributed by atoms with E-state index in [1.54, 1.807) is 0 Å². The maximum absolute atomic E-state index is 5.99. The van der Waals surface area contributed by atoms with E-state index in [1.165, 1.54) is 0 Å². The minimum Gasteiger partial charge on any atom is -0.374 e. The third-order valence-electron chi connectivity index (χ3n) is 3.83. The maximum Gasteiger partial charge on any atom is 0.158 e. The van der Waals surface area contributed by atoms with Gasteiger partial charge in [-0.3, -0.25) is 0 Å². The maximum atomic E-state index is 5.99. The average Bonchev–Trinajstić information content (AvgIpc) is 2.36. The van der Waals surface area contributed by atoms with Crippen LogP contribution in [0.1, 0.15) is 40.0 Å². The molecule has 19 heavy (non-hydrogen) atoms. The molecule has 2 aliphatic heterocycles. The van der Waals surface area contributed by atoms with Gasteiger partial charge in [0.2, 0.25) is 0 Å². The van der Waals surface area contributed by atoms with Gasteiger partial charge in [-0.2, -0.15) is 0 Å². The van der Waals surface area contributed by atoms with E-state index < -0.39 is 0 Å². The Balaban J connectivity index is 1.68. The van der Waals surface area contributed by atoms with E-state index in [9.17, 15) is 0 Å². The van der Waals surface area contributed by atoms with Crippen molar-refractivity contribution in [2.24, 2.45) is 5.73 Å². The molecule has 0 aliphatic carbocycles. The highest BCUT2D eigenvalue weighted by Crippen LogP contribution is 2.21. The first-order chi connectivity index (χ1) is 9.04. The molecule has 3 N–H and O–H groups in total. The zero-order valence-electron chi connectivity index (χ0n) is 12.3. The van der Waals surface area contributed by atoms with Crippen LogP contribution >= 0.6 is 0 Å². The van der Waals surface area contributed by atoms with E-state index in [-0.39, 0.29) is 24.5 Å². The zero-order chi connectivity index (χ0) is 13.8. The van der Waals surface area contributed by atoms with Crippen molar-refractivity contribution < 1.29 is 14.2 Å². The summed E-state index contributed by atoms with van der Waals surface area (Å²) >= 11 is 0. The summed E-state index contributed by atoms with van der Waals surface area (Å²) in [6, 6.07) is 1.01. The van der Waals surface area contributed by atoms with Gasteiger partial charge in [-0.25, -0.2) is 0 Å². The highest BCUT2D eigenvalue weighted by molar-refractivity contribution is 4.80. The predicted molar refractivity (Wildman–Crippen MR) is 73.9 cm³/mol. The molecule has 0 aromatic carbocycles. The van der Waals surface area contributed by atoms with Crippen molar-refractivity contribution in [1.82, 2.24) is 5.32 Å². The summed E-state index contributed by atoms with van der Waals surface area (Å²) in [6.45, 7) is 7.68. The standard InChI is InChI=1S/C14H28N2O3/c1-9(2)16-11-4-5-14(18-7-11)19-12-6-13(15)10(3)17-8-12/h9-14,16H,4-8,15H2,1-3H3. The van der Waals surface area contributed by atoms with Gasteiger partial charge in [0.1, 0.15) is 0 Å². The van der Waals surface area contributed by atoms with Crippen LogP contribution in [0.4, 0.5) is 0 Å². The number of hydrogen-bond donors (Lipinski definition) is 2. The lowest BCUT2D eigenvalue weighted by atomic mass is 10.0. The SMILES string of the molecule is CC(C)NC1CCC(OC2COC(C)C(N)C2)OC1. The second kappa shape index (κ2) is 6.99. The van der Waals surface area contributed by atoms with Crippen molar-refractivity contribution in [2.75, 3.05) is 13.2 Å². The predicted octanol–water partition coefficient (Wildman–Crippen LogP) is 1.01. The Morgan fingerprint density at radius 1 is 1.21 bits per heavy atom. The van der Waals surface area contributed by atoms with E-state index >= 15 is 0 Å². The molecule has 2 saturated heterocycles. The molecular formula is C14H28N2O3. The van der Waals surface area contributed by atoms with Crippen LogP contribution in [0.25, 0.3) is 0 Å². The summed E-state index contributed by atoms with van der Waals surface area (Å²) in [6.07, 6.45) is 3.00. The Morgan fingerprint density at radius 3 is 2.58 bits per heavy atom. The molecule has 5 heteroatoms. The Labute approximate surface area is 116 Å². The molecule has 0 spiro atoms. The van der Waals surface area contributed by atoms with Gasteiger partial charge in [0, 0.05) is 18.1 Å². The van der Waals surface area contributed by atoms with E-state index in [0.717, 1.165) is 25.9 Å². The summed E-state index contributed by atoms with van der Waals surface area (Å²) in [5.74, 6) is 0. The molecule has 2 heterocycles. The van der Waals surface area contributed by atoms with Crippen molar-refractivity contribution in [3.05, 3.63) is 0 Å². The molecule has 0 aromatic heterocycles. The molecule has 5 atom stereocenters. The van der Waals surface area contributed by atoms with Crippen molar-refractivity contribution in [3.63, 3.8) is 0 Å². The molecule has 5 nitrogen and oxygen atoms in total. The van der Waals surface area contributed by atoms with E-state index in [4.69, 9.17) is 19.9 Å². The number of nitrogens with two attached hydrogens (primary N) is 1. The minimum absolute atomic E-state index is 0.0673. The fourth-order valence-electron chi connectivity index (χ4n) is 2.69. The Bertz CT molecular complexity index is 267. The Hall–Kier alpha value is -0.200. The molecule has 5 unspecified atom stereocenters. The molecule has 0 bridgehead atoms. The van der Waals surface area contributed by atoms with Gasteiger partial charge < -0.3 is 25.3 Å². The largest absolute Gasteiger partial charge is 0.374 e. The van der Waals surface area contributed by atoms with Crippen LogP contribution in [-0.4, -0.2) is 49.8 Å². The molecule has 0 saturated carbocycles. The number of hydrogen-bond acceptors (Lipinski definition) is 5. The van der Waals surface area contributed by atoms with E-state index in [0.29, 0.717) is 18.7 Å². The fourth-order valence-corrected chi connectivity index (χ4v) is 2.69. The highest BCUT2D eigenvalue weighted by atomic mass is 16.7. The monoisotopic (exact) mass is 272 g/mol. The van der Waals surface area contributed by atoms with Gasteiger partial charge in [0.25, 0.3) is 0 Å². The van der Waals surface area contributed by atoms with E-state index in [2.05, 4.69) is 19.2 Å². The van der Waals surface area contributed by atoms with Crippen LogP contribution < -0.4 is 11.1 Å². The topological polar surface area (TPSA) is 65.7 Å². The lowest BCUT2D eigenvalue weighted by Gasteiger charge is -2.36. The Kier molecular flexibility index (Phi) is 5.59. The Morgan fingerprint density at radius 2 is 2.00 bits per heavy atom. The molecule has 112 valence electrons. The van der Waals surface area contributed by atoms with Crippen LogP contribution in [0, 0.1) is 0 Å². The van der Waals surface area contributed by atoms with E-state index in [1.807, 2.05) is 6.92 Å². The summed E-state index contributed by atoms with van der Waals surface area (Å²) < 4.78 is 17.3. The lowest BCUT2D eigenvalue weighted by Crippen LogP contribution is -2.48. The quantitative estimate of drug-likeness (QED) is 0.799. The summed E-state index contributed by atoms with van der Waals surface area (Å²) in [5, 5.41) is 3.49. The lowest BCUT2D eigenvalue weighted by molar-refractivity contribution is -0.217. The molecule has 0 amide bonds. The van der Waals surface area contributed by atoms with Crippen LogP contribution in [-0.2, 0) is 14.2 Å². The smallest absolute Gasteiger partial charge is 0.158 e. The highest BCUT2D eigenvalue weighted by Gasteiger charge is 2.30. The van der Waals surface area contributed by atoms with Crippen LogP contribution in [0.5, 0.6) is 0 Å². The minimum atomic E-state index is -0.0978. The van der Waals surface area contributed by atoms with Crippen molar-refractivity contribution in [2.45, 2.75) is 76.7 Å². The number of rotatable bonds is 4. The van der Waals surface area contributed by atoms with Gasteiger partial charge in [-0.05, 0) is 26.2 Å². The van der Waals surface area contributed by atoms with Gasteiger partial charge in [-0.1, -0.05) is 13.8 Å². The average molecular weight is 272 g/mol. The number of ether oxygens (including phenoxy) is 3. The van der Waals surface area contributed by atoms with Crippen LogP contribution in [0.2, 0.25) is 0 Å². The third-order valence-corrected chi connectivity index (χ3v) is 3.83. The molecule has 2 rings (SSSR count). The second-order valence-corrected chi connectivity index (χ2v) is 6.05.